The van der Waals surface area contributed by atoms with Crippen molar-refractivity contribution in [3.63, 3.8) is 0 Å². The molecule has 0 aromatic rings. The zero-order valence-electron chi connectivity index (χ0n) is 23.4. The van der Waals surface area contributed by atoms with E-state index in [1.54, 1.807) is 0 Å². The summed E-state index contributed by atoms with van der Waals surface area (Å²) in [6, 6.07) is 0. The summed E-state index contributed by atoms with van der Waals surface area (Å²) in [5.41, 5.74) is 0. The number of hydrogen-bond donors (Lipinski definition) is 0. The zero-order valence-corrected chi connectivity index (χ0v) is 23.4. The average molecular weight is 451 g/mol. The summed E-state index contributed by atoms with van der Waals surface area (Å²) in [4.78, 5) is 0. The Kier molecular flexibility index (Phi) is 29.0. The van der Waals surface area contributed by atoms with Crippen molar-refractivity contribution in [2.75, 3.05) is 0 Å². The molecule has 0 nitrogen and oxygen atoms in total. The highest BCUT2D eigenvalue weighted by molar-refractivity contribution is 4.54. The van der Waals surface area contributed by atoms with E-state index in [9.17, 15) is 0 Å². The molecular weight excluding hydrogens is 384 g/mol. The Morgan fingerprint density at radius 1 is 0.281 bits per heavy atom. The van der Waals surface area contributed by atoms with Crippen LogP contribution in [0.1, 0.15) is 201 Å². The topological polar surface area (TPSA) is 0 Å². The van der Waals surface area contributed by atoms with E-state index in [-0.39, 0.29) is 0 Å². The highest BCUT2D eigenvalue weighted by atomic mass is 14.1. The van der Waals surface area contributed by atoms with E-state index in [0.717, 1.165) is 5.92 Å². The van der Waals surface area contributed by atoms with Gasteiger partial charge >= 0.3 is 0 Å². The quantitative estimate of drug-likeness (QED) is 0.104. The summed E-state index contributed by atoms with van der Waals surface area (Å²) < 4.78 is 0. The maximum absolute atomic E-state index is 2.43. The average Bonchev–Trinajstić information content (AvgIpc) is 2.79. The zero-order chi connectivity index (χ0) is 23.4. The monoisotopic (exact) mass is 451 g/mol. The fourth-order valence-electron chi connectivity index (χ4n) is 5.27. The molecule has 0 aliphatic rings. The maximum atomic E-state index is 2.43. The van der Waals surface area contributed by atoms with Gasteiger partial charge in [-0.3, -0.25) is 0 Å². The van der Waals surface area contributed by atoms with Gasteiger partial charge in [0.15, 0.2) is 0 Å². The second-order valence-electron chi connectivity index (χ2n) is 11.2. The largest absolute Gasteiger partial charge is 0.0654 e. The lowest BCUT2D eigenvalue weighted by atomic mass is 9.98. The second kappa shape index (κ2) is 29.0. The lowest BCUT2D eigenvalue weighted by Crippen LogP contribution is -1.93. The van der Waals surface area contributed by atoms with Gasteiger partial charge in [0.25, 0.3) is 0 Å². The molecule has 0 heteroatoms. The summed E-state index contributed by atoms with van der Waals surface area (Å²) in [5, 5.41) is 0. The van der Waals surface area contributed by atoms with Crippen LogP contribution in [-0.4, -0.2) is 0 Å². The Hall–Kier alpha value is 0. The molecule has 1 atom stereocenters. The molecule has 0 fully saturated rings. The van der Waals surface area contributed by atoms with Gasteiger partial charge in [-0.2, -0.15) is 0 Å². The van der Waals surface area contributed by atoms with Gasteiger partial charge in [0.2, 0.25) is 0 Å². The minimum absolute atomic E-state index is 0.963. The molecule has 0 aromatic heterocycles. The van der Waals surface area contributed by atoms with Crippen LogP contribution in [0.5, 0.6) is 0 Å². The van der Waals surface area contributed by atoms with Gasteiger partial charge < -0.3 is 0 Å². The smallest absolute Gasteiger partial charge is 0.0443 e. The molecule has 0 radical (unpaired) electrons. The van der Waals surface area contributed by atoms with Gasteiger partial charge in [-0.1, -0.05) is 201 Å². The molecule has 0 aliphatic heterocycles. The van der Waals surface area contributed by atoms with Crippen molar-refractivity contribution in [2.24, 2.45) is 5.92 Å². The van der Waals surface area contributed by atoms with Gasteiger partial charge in [-0.15, -0.1) is 0 Å². The van der Waals surface area contributed by atoms with Crippen molar-refractivity contribution in [1.29, 1.82) is 0 Å². The Bertz CT molecular complexity index is 307. The van der Waals surface area contributed by atoms with Crippen molar-refractivity contribution in [2.45, 2.75) is 201 Å². The minimum Gasteiger partial charge on any atom is -0.0654 e. The van der Waals surface area contributed by atoms with Gasteiger partial charge in [0.05, 0.1) is 0 Å². The summed E-state index contributed by atoms with van der Waals surface area (Å²) in [6.45, 7) is 7.06. The van der Waals surface area contributed by atoms with Gasteiger partial charge in [-0.25, -0.2) is 0 Å². The summed E-state index contributed by atoms with van der Waals surface area (Å²) in [7, 11) is 0. The van der Waals surface area contributed by atoms with Crippen molar-refractivity contribution in [3.05, 3.63) is 0 Å². The predicted molar refractivity (Wildman–Crippen MR) is 150 cm³/mol. The van der Waals surface area contributed by atoms with Gasteiger partial charge in [-0.05, 0) is 5.92 Å². The fourth-order valence-corrected chi connectivity index (χ4v) is 5.27. The second-order valence-corrected chi connectivity index (χ2v) is 11.2. The first-order valence-corrected chi connectivity index (χ1v) is 15.8. The van der Waals surface area contributed by atoms with Crippen LogP contribution in [0.4, 0.5) is 0 Å². The molecule has 0 bridgehead atoms. The molecule has 194 valence electrons. The number of rotatable bonds is 28. The molecule has 0 rings (SSSR count). The molecule has 0 aromatic carbocycles. The number of hydrogen-bond acceptors (Lipinski definition) is 0. The third-order valence-electron chi connectivity index (χ3n) is 7.58. The Balaban J connectivity index is 3.02. The van der Waals surface area contributed by atoms with Crippen LogP contribution in [0.3, 0.4) is 0 Å². The van der Waals surface area contributed by atoms with Crippen LogP contribution in [0, 0.1) is 5.92 Å². The van der Waals surface area contributed by atoms with Crippen LogP contribution in [0.2, 0.25) is 0 Å². The normalized spacial score (nSPS) is 12.5. The van der Waals surface area contributed by atoms with Crippen LogP contribution < -0.4 is 0 Å². The molecule has 0 heterocycles. The highest BCUT2D eigenvalue weighted by Crippen LogP contribution is 2.17. The van der Waals surface area contributed by atoms with Crippen LogP contribution in [0.15, 0.2) is 0 Å². The van der Waals surface area contributed by atoms with E-state index < -0.39 is 0 Å². The van der Waals surface area contributed by atoms with E-state index in [1.165, 1.54) is 180 Å². The summed E-state index contributed by atoms with van der Waals surface area (Å²) in [5.74, 6) is 0.963. The van der Waals surface area contributed by atoms with Crippen LogP contribution >= 0.6 is 0 Å². The van der Waals surface area contributed by atoms with Crippen molar-refractivity contribution in [3.8, 4) is 0 Å². The minimum atomic E-state index is 0.963. The lowest BCUT2D eigenvalue weighted by molar-refractivity contribution is 0.449. The van der Waals surface area contributed by atoms with E-state index in [1.807, 2.05) is 0 Å². The first-order chi connectivity index (χ1) is 15.8. The lowest BCUT2D eigenvalue weighted by Gasteiger charge is -2.09. The maximum Gasteiger partial charge on any atom is -0.0443 e. The summed E-state index contributed by atoms with van der Waals surface area (Å²) in [6.07, 6.45) is 41.3. The van der Waals surface area contributed by atoms with Crippen molar-refractivity contribution < 1.29 is 0 Å². The summed E-state index contributed by atoms with van der Waals surface area (Å²) >= 11 is 0. The Morgan fingerprint density at radius 3 is 0.781 bits per heavy atom. The first-order valence-electron chi connectivity index (χ1n) is 15.8. The van der Waals surface area contributed by atoms with Crippen molar-refractivity contribution >= 4 is 0 Å². The molecule has 0 aliphatic carbocycles. The molecule has 0 saturated carbocycles. The molecule has 0 saturated heterocycles. The SMILES string of the molecule is CCCCCCCCCCCCCCCCCCCCCCCCCCCC(C)CCC. The van der Waals surface area contributed by atoms with Gasteiger partial charge in [0, 0.05) is 0 Å². The number of unbranched alkanes of at least 4 members (excludes halogenated alkanes) is 24. The molecule has 0 amide bonds. The van der Waals surface area contributed by atoms with Crippen LogP contribution in [0.25, 0.3) is 0 Å². The molecule has 1 unspecified atom stereocenters. The van der Waals surface area contributed by atoms with Crippen LogP contribution in [-0.2, 0) is 0 Å². The predicted octanol–water partition coefficient (Wildman–Crippen LogP) is 12.6. The molecule has 0 spiro atoms. The molecule has 32 heavy (non-hydrogen) atoms. The first kappa shape index (κ1) is 32.0. The van der Waals surface area contributed by atoms with E-state index in [0.29, 0.717) is 0 Å². The fraction of sp³-hybridized carbons (Fsp3) is 1.00. The third kappa shape index (κ3) is 28.0. The third-order valence-corrected chi connectivity index (χ3v) is 7.58. The van der Waals surface area contributed by atoms with Gasteiger partial charge in [0.1, 0.15) is 0 Å². The van der Waals surface area contributed by atoms with E-state index >= 15 is 0 Å². The molecular formula is C32H66. The standard InChI is InChI=1S/C32H66/c1-4-6-7-8-9-10-11-12-13-14-15-16-17-18-19-20-21-22-23-24-25-26-27-28-29-31-32(3)30-5-2/h32H,4-31H2,1-3H3. The Labute approximate surface area is 206 Å². The Morgan fingerprint density at radius 2 is 0.531 bits per heavy atom. The van der Waals surface area contributed by atoms with E-state index in [2.05, 4.69) is 20.8 Å². The van der Waals surface area contributed by atoms with E-state index in [4.69, 9.17) is 0 Å². The highest BCUT2D eigenvalue weighted by Gasteiger charge is 2.00. The molecule has 0 N–H and O–H groups in total. The van der Waals surface area contributed by atoms with Crippen molar-refractivity contribution in [1.82, 2.24) is 0 Å².